The fourth-order valence-electron chi connectivity index (χ4n) is 0.540. The second kappa shape index (κ2) is 4.39. The zero-order valence-corrected chi connectivity index (χ0v) is 7.37. The van der Waals surface area contributed by atoms with E-state index in [1.165, 1.54) is 13.8 Å². The quantitative estimate of drug-likeness (QED) is 0.406. The van der Waals surface area contributed by atoms with Gasteiger partial charge in [0.25, 0.3) is 0 Å². The van der Waals surface area contributed by atoms with Gasteiger partial charge in [-0.15, -0.1) is 0 Å². The Morgan fingerprint density at radius 3 is 2.25 bits per heavy atom. The summed E-state index contributed by atoms with van der Waals surface area (Å²) in [6.07, 6.45) is 0. The number of nitrogens with one attached hydrogen (secondary N) is 1. The first-order valence-corrected chi connectivity index (χ1v) is 3.74. The van der Waals surface area contributed by atoms with E-state index in [9.17, 15) is 4.79 Å². The molecule has 0 bridgehead atoms. The van der Waals surface area contributed by atoms with Crippen LogP contribution in [0.15, 0.2) is 0 Å². The van der Waals surface area contributed by atoms with Gasteiger partial charge in [0, 0.05) is 0 Å². The zero-order valence-electron chi connectivity index (χ0n) is 7.37. The van der Waals surface area contributed by atoms with Gasteiger partial charge in [0.1, 0.15) is 0 Å². The van der Waals surface area contributed by atoms with Crippen LogP contribution in [0, 0.1) is 0 Å². The van der Waals surface area contributed by atoms with Crippen molar-refractivity contribution < 1.29 is 15.0 Å². The van der Waals surface area contributed by atoms with Crippen LogP contribution in [0.5, 0.6) is 0 Å². The summed E-state index contributed by atoms with van der Waals surface area (Å²) in [5.74, 6) is -0.388. The molecule has 0 aliphatic rings. The molecule has 12 heavy (non-hydrogen) atoms. The van der Waals surface area contributed by atoms with Crippen molar-refractivity contribution in [2.45, 2.75) is 25.4 Å². The number of carbonyl (C=O) groups excluding carboxylic acids is 1. The van der Waals surface area contributed by atoms with Crippen LogP contribution in [0.2, 0.25) is 0 Å². The highest BCUT2D eigenvalue weighted by Gasteiger charge is 2.25. The normalized spacial score (nSPS) is 14.1. The Hall–Kier alpha value is -0.650. The van der Waals surface area contributed by atoms with Gasteiger partial charge >= 0.3 is 0 Å². The number of rotatable bonds is 4. The van der Waals surface area contributed by atoms with Crippen LogP contribution in [0.1, 0.15) is 13.8 Å². The summed E-state index contributed by atoms with van der Waals surface area (Å²) in [6, 6.07) is -0.637. The number of nitrogens with two attached hydrogens (primary N) is 1. The van der Waals surface area contributed by atoms with Crippen molar-refractivity contribution in [3.8, 4) is 0 Å². The van der Waals surface area contributed by atoms with E-state index in [2.05, 4.69) is 5.32 Å². The van der Waals surface area contributed by atoms with Crippen LogP contribution in [0.3, 0.4) is 0 Å². The van der Waals surface area contributed by atoms with Crippen LogP contribution >= 0.6 is 0 Å². The predicted molar refractivity (Wildman–Crippen MR) is 44.4 cm³/mol. The lowest BCUT2D eigenvalue weighted by atomic mass is 10.1. The Bertz CT molecular complexity index is 155. The first-order valence-electron chi connectivity index (χ1n) is 3.74. The molecule has 0 radical (unpaired) electrons. The molecule has 72 valence electrons. The summed E-state index contributed by atoms with van der Waals surface area (Å²) in [5, 5.41) is 20.0. The number of amides is 1. The Balaban J connectivity index is 4.12. The average Bonchev–Trinajstić information content (AvgIpc) is 2.04. The molecule has 0 rings (SSSR count). The lowest BCUT2D eigenvalue weighted by Gasteiger charge is -2.26. The van der Waals surface area contributed by atoms with E-state index in [1.807, 2.05) is 0 Å². The van der Waals surface area contributed by atoms with Gasteiger partial charge in [0.15, 0.2) is 0 Å². The Morgan fingerprint density at radius 1 is 1.58 bits per heavy atom. The second-order valence-corrected chi connectivity index (χ2v) is 3.15. The Kier molecular flexibility index (Phi) is 4.16. The molecule has 5 nitrogen and oxygen atoms in total. The molecule has 1 amide bonds. The van der Waals surface area contributed by atoms with Crippen molar-refractivity contribution in [1.82, 2.24) is 5.32 Å². The lowest BCUT2D eigenvalue weighted by molar-refractivity contribution is -0.125. The van der Waals surface area contributed by atoms with E-state index < -0.39 is 11.6 Å². The fourth-order valence-corrected chi connectivity index (χ4v) is 0.540. The van der Waals surface area contributed by atoms with E-state index in [0.717, 1.165) is 0 Å². The molecule has 0 heterocycles. The molecule has 0 fully saturated rings. The van der Waals surface area contributed by atoms with Crippen molar-refractivity contribution in [2.24, 2.45) is 5.73 Å². The molecule has 5 heteroatoms. The number of hydrogen-bond donors (Lipinski definition) is 4. The predicted octanol–water partition coefficient (Wildman–Crippen LogP) is -1.81. The molecule has 0 aromatic rings. The molecular formula is C7H16N2O3. The minimum Gasteiger partial charge on any atom is -0.394 e. The Morgan fingerprint density at radius 2 is 2.00 bits per heavy atom. The van der Waals surface area contributed by atoms with Crippen LogP contribution in [0.25, 0.3) is 0 Å². The molecule has 0 aliphatic carbocycles. The smallest absolute Gasteiger partial charge is 0.237 e. The van der Waals surface area contributed by atoms with Gasteiger partial charge in [-0.3, -0.25) is 4.79 Å². The standard InChI is InChI=1S/C7H16N2O3/c1-5(8)6(12)9-7(2,3-10)4-11/h5,10-11H,3-4,8H2,1-2H3,(H,9,12). The van der Waals surface area contributed by atoms with Gasteiger partial charge in [-0.25, -0.2) is 0 Å². The first-order chi connectivity index (χ1) is 5.45. The topological polar surface area (TPSA) is 95.6 Å². The van der Waals surface area contributed by atoms with Crippen molar-refractivity contribution in [1.29, 1.82) is 0 Å². The van der Waals surface area contributed by atoms with Crippen LogP contribution in [0.4, 0.5) is 0 Å². The first kappa shape index (κ1) is 11.4. The van der Waals surface area contributed by atoms with Crippen LogP contribution in [-0.4, -0.2) is 40.9 Å². The highest BCUT2D eigenvalue weighted by Crippen LogP contribution is 2.00. The summed E-state index contributed by atoms with van der Waals surface area (Å²) in [7, 11) is 0. The number of hydrogen-bond acceptors (Lipinski definition) is 4. The third-order valence-corrected chi connectivity index (χ3v) is 1.54. The minimum absolute atomic E-state index is 0.317. The maximum Gasteiger partial charge on any atom is 0.237 e. The highest BCUT2D eigenvalue weighted by molar-refractivity contribution is 5.81. The van der Waals surface area contributed by atoms with E-state index in [4.69, 9.17) is 15.9 Å². The van der Waals surface area contributed by atoms with E-state index >= 15 is 0 Å². The molecule has 0 spiro atoms. The lowest BCUT2D eigenvalue weighted by Crippen LogP contribution is -2.55. The monoisotopic (exact) mass is 176 g/mol. The van der Waals surface area contributed by atoms with Gasteiger partial charge in [0.05, 0.1) is 24.8 Å². The Labute approximate surface area is 71.6 Å². The molecular weight excluding hydrogens is 160 g/mol. The summed E-state index contributed by atoms with van der Waals surface area (Å²) < 4.78 is 0. The molecule has 0 aromatic heterocycles. The summed E-state index contributed by atoms with van der Waals surface area (Å²) in [5.41, 5.74) is 4.30. The van der Waals surface area contributed by atoms with Gasteiger partial charge in [-0.2, -0.15) is 0 Å². The van der Waals surface area contributed by atoms with Gasteiger partial charge in [-0.05, 0) is 13.8 Å². The maximum absolute atomic E-state index is 11.0. The molecule has 0 aromatic carbocycles. The van der Waals surface area contributed by atoms with Crippen molar-refractivity contribution >= 4 is 5.91 Å². The van der Waals surface area contributed by atoms with E-state index in [-0.39, 0.29) is 19.1 Å². The molecule has 5 N–H and O–H groups in total. The second-order valence-electron chi connectivity index (χ2n) is 3.15. The SMILES string of the molecule is CC(N)C(=O)NC(C)(CO)CO. The summed E-state index contributed by atoms with van der Waals surface area (Å²) in [4.78, 5) is 11.0. The van der Waals surface area contributed by atoms with Gasteiger partial charge in [0.2, 0.25) is 5.91 Å². The third-order valence-electron chi connectivity index (χ3n) is 1.54. The van der Waals surface area contributed by atoms with Gasteiger partial charge in [-0.1, -0.05) is 0 Å². The third kappa shape index (κ3) is 3.17. The highest BCUT2D eigenvalue weighted by atomic mass is 16.3. The molecule has 0 saturated carbocycles. The summed E-state index contributed by atoms with van der Waals surface area (Å²) >= 11 is 0. The molecule has 0 saturated heterocycles. The molecule has 1 unspecified atom stereocenters. The molecule has 0 aliphatic heterocycles. The van der Waals surface area contributed by atoms with Crippen LogP contribution < -0.4 is 11.1 Å². The number of aliphatic hydroxyl groups excluding tert-OH is 2. The van der Waals surface area contributed by atoms with Crippen molar-refractivity contribution in [3.05, 3.63) is 0 Å². The van der Waals surface area contributed by atoms with E-state index in [0.29, 0.717) is 0 Å². The maximum atomic E-state index is 11.0. The summed E-state index contributed by atoms with van der Waals surface area (Å²) in [6.45, 7) is 2.43. The minimum atomic E-state index is -0.981. The largest absolute Gasteiger partial charge is 0.394 e. The van der Waals surface area contributed by atoms with Crippen molar-refractivity contribution in [2.75, 3.05) is 13.2 Å². The number of aliphatic hydroxyl groups is 2. The average molecular weight is 176 g/mol. The fraction of sp³-hybridized carbons (Fsp3) is 0.857. The van der Waals surface area contributed by atoms with Crippen LogP contribution in [-0.2, 0) is 4.79 Å². The zero-order chi connectivity index (χ0) is 9.78. The van der Waals surface area contributed by atoms with E-state index in [1.54, 1.807) is 0 Å². The number of carbonyl (C=O) groups is 1. The van der Waals surface area contributed by atoms with Gasteiger partial charge < -0.3 is 21.3 Å². The molecule has 1 atom stereocenters. The van der Waals surface area contributed by atoms with Crippen molar-refractivity contribution in [3.63, 3.8) is 0 Å².